The van der Waals surface area contributed by atoms with Crippen LogP contribution >= 0.6 is 0 Å². The highest BCUT2D eigenvalue weighted by Gasteiger charge is 2.27. The van der Waals surface area contributed by atoms with Crippen LogP contribution in [0, 0.1) is 6.92 Å². The molecule has 0 bridgehead atoms. The first-order chi connectivity index (χ1) is 12.2. The van der Waals surface area contributed by atoms with Gasteiger partial charge in [0.1, 0.15) is 12.4 Å². The number of nitrogens with one attached hydrogen (secondary N) is 2. The predicted octanol–water partition coefficient (Wildman–Crippen LogP) is 1.59. The van der Waals surface area contributed by atoms with E-state index < -0.39 is 0 Å². The SMILES string of the molecule is CCNC(=NCc1nnc(C)n1C)NC1CCN(C2CCCC2)CC1. The molecule has 2 heterocycles. The minimum absolute atomic E-state index is 0.511. The van der Waals surface area contributed by atoms with Gasteiger partial charge in [-0.2, -0.15) is 0 Å². The molecule has 0 amide bonds. The van der Waals surface area contributed by atoms with Crippen LogP contribution in [0.1, 0.15) is 57.1 Å². The lowest BCUT2D eigenvalue weighted by molar-refractivity contribution is 0.150. The van der Waals surface area contributed by atoms with Crippen LogP contribution in [0.3, 0.4) is 0 Å². The molecule has 1 saturated carbocycles. The van der Waals surface area contributed by atoms with Crippen molar-refractivity contribution >= 4 is 5.96 Å². The molecule has 2 aliphatic rings. The molecule has 0 radical (unpaired) electrons. The molecule has 1 saturated heterocycles. The van der Waals surface area contributed by atoms with Gasteiger partial charge < -0.3 is 20.1 Å². The van der Waals surface area contributed by atoms with Gasteiger partial charge in [-0.05, 0) is 39.5 Å². The van der Waals surface area contributed by atoms with Gasteiger partial charge in [0, 0.05) is 38.8 Å². The van der Waals surface area contributed by atoms with E-state index in [1.807, 2.05) is 18.5 Å². The maximum Gasteiger partial charge on any atom is 0.191 e. The van der Waals surface area contributed by atoms with E-state index >= 15 is 0 Å². The van der Waals surface area contributed by atoms with Crippen molar-refractivity contribution in [2.75, 3.05) is 19.6 Å². The van der Waals surface area contributed by atoms with E-state index in [-0.39, 0.29) is 0 Å². The van der Waals surface area contributed by atoms with E-state index in [1.54, 1.807) is 0 Å². The lowest BCUT2D eigenvalue weighted by Crippen LogP contribution is -2.50. The molecule has 1 aliphatic carbocycles. The molecule has 7 nitrogen and oxygen atoms in total. The van der Waals surface area contributed by atoms with Crippen molar-refractivity contribution in [1.82, 2.24) is 30.3 Å². The Labute approximate surface area is 151 Å². The minimum atomic E-state index is 0.511. The van der Waals surface area contributed by atoms with Gasteiger partial charge in [0.05, 0.1) is 0 Å². The molecular weight excluding hydrogens is 314 g/mol. The van der Waals surface area contributed by atoms with E-state index in [0.29, 0.717) is 12.6 Å². The Morgan fingerprint density at radius 1 is 1.16 bits per heavy atom. The molecule has 2 N–H and O–H groups in total. The molecule has 0 unspecified atom stereocenters. The topological polar surface area (TPSA) is 70.4 Å². The fourth-order valence-corrected chi connectivity index (χ4v) is 3.93. The monoisotopic (exact) mass is 347 g/mol. The Morgan fingerprint density at radius 2 is 1.88 bits per heavy atom. The van der Waals surface area contributed by atoms with E-state index in [1.165, 1.54) is 51.6 Å². The summed E-state index contributed by atoms with van der Waals surface area (Å²) in [5, 5.41) is 15.3. The number of aliphatic imine (C=N–C) groups is 1. The Bertz CT molecular complexity index is 566. The zero-order valence-electron chi connectivity index (χ0n) is 16.0. The fraction of sp³-hybridized carbons (Fsp3) is 0.833. The second kappa shape index (κ2) is 8.65. The molecule has 25 heavy (non-hydrogen) atoms. The predicted molar refractivity (Wildman–Crippen MR) is 101 cm³/mol. The normalized spacial score (nSPS) is 21.0. The maximum absolute atomic E-state index is 4.71. The summed E-state index contributed by atoms with van der Waals surface area (Å²) in [6, 6.07) is 1.36. The van der Waals surface area contributed by atoms with Gasteiger partial charge in [0.2, 0.25) is 0 Å². The molecule has 1 aliphatic heterocycles. The van der Waals surface area contributed by atoms with Gasteiger partial charge in [0.25, 0.3) is 0 Å². The van der Waals surface area contributed by atoms with Gasteiger partial charge in [-0.15, -0.1) is 10.2 Å². The first-order valence-electron chi connectivity index (χ1n) is 9.81. The maximum atomic E-state index is 4.71. The molecule has 7 heteroatoms. The van der Waals surface area contributed by atoms with Gasteiger partial charge in [-0.25, -0.2) is 4.99 Å². The van der Waals surface area contributed by atoms with Crippen molar-refractivity contribution in [3.8, 4) is 0 Å². The van der Waals surface area contributed by atoms with Crippen LogP contribution in [-0.2, 0) is 13.6 Å². The third-order valence-corrected chi connectivity index (χ3v) is 5.62. The minimum Gasteiger partial charge on any atom is -0.357 e. The first kappa shape index (κ1) is 18.2. The highest BCUT2D eigenvalue weighted by atomic mass is 15.3. The average molecular weight is 348 g/mol. The molecule has 0 aromatic carbocycles. The summed E-state index contributed by atoms with van der Waals surface area (Å²) in [5.41, 5.74) is 0. The highest BCUT2D eigenvalue weighted by molar-refractivity contribution is 5.80. The fourth-order valence-electron chi connectivity index (χ4n) is 3.93. The van der Waals surface area contributed by atoms with E-state index in [9.17, 15) is 0 Å². The molecule has 140 valence electrons. The Kier molecular flexibility index (Phi) is 6.29. The third-order valence-electron chi connectivity index (χ3n) is 5.62. The van der Waals surface area contributed by atoms with Crippen molar-refractivity contribution in [2.45, 2.75) is 71.0 Å². The largest absolute Gasteiger partial charge is 0.357 e. The molecular formula is C18H33N7. The molecule has 2 fully saturated rings. The number of aromatic nitrogens is 3. The summed E-state index contributed by atoms with van der Waals surface area (Å²) in [6.07, 6.45) is 8.04. The number of hydrogen-bond acceptors (Lipinski definition) is 4. The van der Waals surface area contributed by atoms with Crippen molar-refractivity contribution in [2.24, 2.45) is 12.0 Å². The standard InChI is InChI=1S/C18H33N7/c1-4-19-18(20-13-17-23-22-14(2)24(17)3)21-15-9-11-25(12-10-15)16-7-5-6-8-16/h15-16H,4-13H2,1-3H3,(H2,19,20,21). The van der Waals surface area contributed by atoms with Gasteiger partial charge in [0.15, 0.2) is 11.8 Å². The van der Waals surface area contributed by atoms with Crippen molar-refractivity contribution < 1.29 is 0 Å². The van der Waals surface area contributed by atoms with Crippen LogP contribution in [0.25, 0.3) is 0 Å². The smallest absolute Gasteiger partial charge is 0.191 e. The van der Waals surface area contributed by atoms with Crippen molar-refractivity contribution in [1.29, 1.82) is 0 Å². The van der Waals surface area contributed by atoms with Crippen LogP contribution in [0.5, 0.6) is 0 Å². The second-order valence-electron chi connectivity index (χ2n) is 7.31. The van der Waals surface area contributed by atoms with E-state index in [0.717, 1.165) is 30.2 Å². The first-order valence-corrected chi connectivity index (χ1v) is 9.81. The van der Waals surface area contributed by atoms with Gasteiger partial charge in [-0.1, -0.05) is 12.8 Å². The molecule has 1 aromatic heterocycles. The summed E-state index contributed by atoms with van der Waals surface area (Å²) < 4.78 is 1.99. The van der Waals surface area contributed by atoms with Crippen LogP contribution in [0.2, 0.25) is 0 Å². The van der Waals surface area contributed by atoms with Crippen LogP contribution in [0.15, 0.2) is 4.99 Å². The highest BCUT2D eigenvalue weighted by Crippen LogP contribution is 2.26. The summed E-state index contributed by atoms with van der Waals surface area (Å²) in [4.78, 5) is 7.41. The Morgan fingerprint density at radius 3 is 2.48 bits per heavy atom. The van der Waals surface area contributed by atoms with Gasteiger partial charge in [-0.3, -0.25) is 0 Å². The zero-order chi connectivity index (χ0) is 17.6. The van der Waals surface area contributed by atoms with Crippen molar-refractivity contribution in [3.63, 3.8) is 0 Å². The zero-order valence-corrected chi connectivity index (χ0v) is 16.0. The number of rotatable bonds is 5. The quantitative estimate of drug-likeness (QED) is 0.625. The second-order valence-corrected chi connectivity index (χ2v) is 7.31. The summed E-state index contributed by atoms with van der Waals surface area (Å²) >= 11 is 0. The van der Waals surface area contributed by atoms with Crippen molar-refractivity contribution in [3.05, 3.63) is 11.6 Å². The average Bonchev–Trinajstić information content (AvgIpc) is 3.26. The van der Waals surface area contributed by atoms with Gasteiger partial charge >= 0.3 is 0 Å². The molecule has 0 atom stereocenters. The lowest BCUT2D eigenvalue weighted by atomic mass is 10.0. The van der Waals surface area contributed by atoms with Crippen LogP contribution in [0.4, 0.5) is 0 Å². The summed E-state index contributed by atoms with van der Waals surface area (Å²) in [7, 11) is 1.99. The molecule has 0 spiro atoms. The third kappa shape index (κ3) is 4.71. The summed E-state index contributed by atoms with van der Waals surface area (Å²) in [5.74, 6) is 2.70. The number of nitrogens with zero attached hydrogens (tertiary/aromatic N) is 5. The number of piperidine rings is 1. The Balaban J connectivity index is 1.51. The number of hydrogen-bond donors (Lipinski definition) is 2. The van der Waals surface area contributed by atoms with Crippen LogP contribution in [-0.4, -0.2) is 57.3 Å². The molecule has 1 aromatic rings. The molecule has 3 rings (SSSR count). The number of guanidine groups is 1. The summed E-state index contributed by atoms with van der Waals surface area (Å²) in [6.45, 7) is 7.90. The Hall–Kier alpha value is -1.63. The van der Waals surface area contributed by atoms with E-state index in [4.69, 9.17) is 4.99 Å². The number of aryl methyl sites for hydroxylation is 1. The van der Waals surface area contributed by atoms with Crippen LogP contribution < -0.4 is 10.6 Å². The number of likely N-dealkylation sites (tertiary alicyclic amines) is 1. The van der Waals surface area contributed by atoms with E-state index in [2.05, 4.69) is 32.7 Å². The lowest BCUT2D eigenvalue weighted by Gasteiger charge is -2.36.